The number of morpholine rings is 1. The summed E-state index contributed by atoms with van der Waals surface area (Å²) in [7, 11) is 0. The van der Waals surface area contributed by atoms with Crippen molar-refractivity contribution in [3.05, 3.63) is 0 Å². The monoisotopic (exact) mass is 211 g/mol. The molecule has 0 aromatic rings. The van der Waals surface area contributed by atoms with E-state index in [9.17, 15) is 0 Å². The van der Waals surface area contributed by atoms with Gasteiger partial charge in [-0.05, 0) is 19.4 Å². The van der Waals surface area contributed by atoms with Crippen LogP contribution in [0, 0.1) is 11.3 Å². The summed E-state index contributed by atoms with van der Waals surface area (Å²) >= 11 is 0. The van der Waals surface area contributed by atoms with E-state index >= 15 is 0 Å². The lowest BCUT2D eigenvalue weighted by Gasteiger charge is -2.27. The van der Waals surface area contributed by atoms with Crippen LogP contribution in [0.4, 0.5) is 0 Å². The molecule has 0 spiro atoms. The van der Waals surface area contributed by atoms with Gasteiger partial charge in [-0.2, -0.15) is 5.26 Å². The van der Waals surface area contributed by atoms with Crippen molar-refractivity contribution >= 4 is 0 Å². The normalized spacial score (nSPS) is 19.7. The Labute approximate surface area is 92.2 Å². The lowest BCUT2D eigenvalue weighted by atomic mass is 10.2. The van der Waals surface area contributed by atoms with E-state index < -0.39 is 0 Å². The van der Waals surface area contributed by atoms with E-state index in [1.165, 1.54) is 0 Å². The van der Waals surface area contributed by atoms with E-state index in [4.69, 9.17) is 10.00 Å². The summed E-state index contributed by atoms with van der Waals surface area (Å²) in [6.07, 6.45) is 1.99. The molecule has 0 amide bonds. The molecule has 4 nitrogen and oxygen atoms in total. The molecule has 1 atom stereocenters. The van der Waals surface area contributed by atoms with Crippen LogP contribution in [0.2, 0.25) is 0 Å². The summed E-state index contributed by atoms with van der Waals surface area (Å²) in [5, 5.41) is 12.2. The van der Waals surface area contributed by atoms with Gasteiger partial charge in [0.15, 0.2) is 0 Å². The minimum Gasteiger partial charge on any atom is -0.379 e. The van der Waals surface area contributed by atoms with Crippen LogP contribution in [0.3, 0.4) is 0 Å². The maximum Gasteiger partial charge on any atom is 0.0965 e. The number of hydrogen-bond acceptors (Lipinski definition) is 4. The number of nitrogens with one attached hydrogen (secondary N) is 1. The van der Waals surface area contributed by atoms with E-state index in [1.807, 2.05) is 0 Å². The van der Waals surface area contributed by atoms with Crippen LogP contribution in [0.1, 0.15) is 19.8 Å². The van der Waals surface area contributed by atoms with Crippen molar-refractivity contribution in [3.8, 4) is 6.07 Å². The number of ether oxygens (including phenoxy) is 1. The molecule has 1 heterocycles. The minimum absolute atomic E-state index is 0.00722. The van der Waals surface area contributed by atoms with Crippen molar-refractivity contribution in [3.63, 3.8) is 0 Å². The van der Waals surface area contributed by atoms with Gasteiger partial charge in [-0.25, -0.2) is 0 Å². The predicted molar refractivity (Wildman–Crippen MR) is 59.6 cm³/mol. The molecule has 1 fully saturated rings. The molecule has 0 saturated carbocycles. The fourth-order valence-electron chi connectivity index (χ4n) is 1.67. The molecule has 1 saturated heterocycles. The summed E-state index contributed by atoms with van der Waals surface area (Å²) in [5.41, 5.74) is 0. The molecule has 86 valence electrons. The van der Waals surface area contributed by atoms with Crippen molar-refractivity contribution < 1.29 is 4.74 Å². The Morgan fingerprint density at radius 3 is 2.80 bits per heavy atom. The standard InChI is InChI=1S/C11H21N3O/c1-2-4-13-11(10-12)3-5-14-6-8-15-9-7-14/h11,13H,2-9H2,1H3. The second-order valence-electron chi connectivity index (χ2n) is 3.88. The SMILES string of the molecule is CCCNC(C#N)CCN1CCOCC1. The van der Waals surface area contributed by atoms with Gasteiger partial charge in [0.25, 0.3) is 0 Å². The number of hydrogen-bond donors (Lipinski definition) is 1. The van der Waals surface area contributed by atoms with Crippen molar-refractivity contribution in [2.75, 3.05) is 39.4 Å². The highest BCUT2D eigenvalue weighted by atomic mass is 16.5. The van der Waals surface area contributed by atoms with Gasteiger partial charge in [0.2, 0.25) is 0 Å². The predicted octanol–water partition coefficient (Wildman–Crippen LogP) is 0.600. The summed E-state index contributed by atoms with van der Waals surface area (Å²) in [4.78, 5) is 2.36. The zero-order chi connectivity index (χ0) is 10.9. The molecule has 1 aliphatic rings. The third-order valence-electron chi connectivity index (χ3n) is 2.63. The fraction of sp³-hybridized carbons (Fsp3) is 0.909. The first-order valence-corrected chi connectivity index (χ1v) is 5.80. The highest BCUT2D eigenvalue weighted by Crippen LogP contribution is 2.00. The van der Waals surface area contributed by atoms with Gasteiger partial charge >= 0.3 is 0 Å². The Morgan fingerprint density at radius 1 is 1.47 bits per heavy atom. The highest BCUT2D eigenvalue weighted by molar-refractivity contribution is 4.90. The smallest absolute Gasteiger partial charge is 0.0965 e. The first-order valence-electron chi connectivity index (χ1n) is 5.80. The number of nitrogens with zero attached hydrogens (tertiary/aromatic N) is 2. The molecular weight excluding hydrogens is 190 g/mol. The molecule has 1 N–H and O–H groups in total. The quantitative estimate of drug-likeness (QED) is 0.699. The Hall–Kier alpha value is -0.630. The highest BCUT2D eigenvalue weighted by Gasteiger charge is 2.12. The maximum absolute atomic E-state index is 8.93. The molecule has 0 aromatic heterocycles. The van der Waals surface area contributed by atoms with E-state index in [2.05, 4.69) is 23.2 Å². The van der Waals surface area contributed by atoms with Crippen LogP contribution in [-0.4, -0.2) is 50.3 Å². The molecular formula is C11H21N3O. The van der Waals surface area contributed by atoms with Crippen LogP contribution in [0.15, 0.2) is 0 Å². The van der Waals surface area contributed by atoms with Crippen molar-refractivity contribution in [2.24, 2.45) is 0 Å². The third-order valence-corrected chi connectivity index (χ3v) is 2.63. The van der Waals surface area contributed by atoms with Crippen LogP contribution in [0.25, 0.3) is 0 Å². The average molecular weight is 211 g/mol. The van der Waals surface area contributed by atoms with E-state index in [0.29, 0.717) is 0 Å². The molecule has 1 rings (SSSR count). The van der Waals surface area contributed by atoms with Crippen molar-refractivity contribution in [2.45, 2.75) is 25.8 Å². The topological polar surface area (TPSA) is 48.3 Å². The molecule has 4 heteroatoms. The van der Waals surface area contributed by atoms with E-state index in [-0.39, 0.29) is 6.04 Å². The third kappa shape index (κ3) is 5.12. The van der Waals surface area contributed by atoms with E-state index in [0.717, 1.165) is 52.2 Å². The Balaban J connectivity index is 2.12. The van der Waals surface area contributed by atoms with Gasteiger partial charge in [-0.1, -0.05) is 6.92 Å². The minimum atomic E-state index is 0.00722. The fourth-order valence-corrected chi connectivity index (χ4v) is 1.67. The lowest BCUT2D eigenvalue weighted by molar-refractivity contribution is 0.0368. The van der Waals surface area contributed by atoms with E-state index in [1.54, 1.807) is 0 Å². The zero-order valence-electron chi connectivity index (χ0n) is 9.54. The lowest BCUT2D eigenvalue weighted by Crippen LogP contribution is -2.39. The number of rotatable bonds is 6. The summed E-state index contributed by atoms with van der Waals surface area (Å²) < 4.78 is 5.28. The van der Waals surface area contributed by atoms with Gasteiger partial charge in [0, 0.05) is 19.6 Å². The summed E-state index contributed by atoms with van der Waals surface area (Å²) in [6.45, 7) is 7.72. The first kappa shape index (κ1) is 12.4. The molecule has 0 bridgehead atoms. The average Bonchev–Trinajstić information content (AvgIpc) is 2.31. The Bertz CT molecular complexity index is 196. The second-order valence-corrected chi connectivity index (χ2v) is 3.88. The van der Waals surface area contributed by atoms with Crippen molar-refractivity contribution in [1.82, 2.24) is 10.2 Å². The maximum atomic E-state index is 8.93. The van der Waals surface area contributed by atoms with Gasteiger partial charge in [-0.3, -0.25) is 4.90 Å². The number of nitriles is 1. The molecule has 0 aliphatic carbocycles. The molecule has 0 radical (unpaired) electrons. The van der Waals surface area contributed by atoms with Crippen molar-refractivity contribution in [1.29, 1.82) is 5.26 Å². The zero-order valence-corrected chi connectivity index (χ0v) is 9.54. The Kier molecular flexibility index (Phi) is 6.33. The summed E-state index contributed by atoms with van der Waals surface area (Å²) in [6, 6.07) is 2.31. The largest absolute Gasteiger partial charge is 0.379 e. The van der Waals surface area contributed by atoms with Crippen LogP contribution in [-0.2, 0) is 4.74 Å². The second kappa shape index (κ2) is 7.63. The summed E-state index contributed by atoms with van der Waals surface area (Å²) in [5.74, 6) is 0. The molecule has 0 aromatic carbocycles. The van der Waals surface area contributed by atoms with Gasteiger partial charge in [-0.15, -0.1) is 0 Å². The van der Waals surface area contributed by atoms with Gasteiger partial charge < -0.3 is 10.1 Å². The van der Waals surface area contributed by atoms with Gasteiger partial charge in [0.05, 0.1) is 25.3 Å². The van der Waals surface area contributed by atoms with Crippen LogP contribution >= 0.6 is 0 Å². The first-order chi connectivity index (χ1) is 7.36. The van der Waals surface area contributed by atoms with Gasteiger partial charge in [0.1, 0.15) is 0 Å². The molecule has 1 unspecified atom stereocenters. The molecule has 1 aliphatic heterocycles. The van der Waals surface area contributed by atoms with Crippen LogP contribution < -0.4 is 5.32 Å². The Morgan fingerprint density at radius 2 is 2.20 bits per heavy atom. The van der Waals surface area contributed by atoms with Crippen LogP contribution in [0.5, 0.6) is 0 Å². The molecule has 15 heavy (non-hydrogen) atoms.